The second-order valence-electron chi connectivity index (χ2n) is 7.02. The summed E-state index contributed by atoms with van der Waals surface area (Å²) in [6.07, 6.45) is 1.33. The van der Waals surface area contributed by atoms with Crippen LogP contribution in [0.3, 0.4) is 0 Å². The SMILES string of the molecule is COc1ccc(N2C(=N)C3C(C)NNC3N=C2SCC(=O)NCc2ccco2)cc1. The lowest BCUT2D eigenvalue weighted by Gasteiger charge is -2.35. The molecule has 0 saturated carbocycles. The van der Waals surface area contributed by atoms with E-state index in [1.165, 1.54) is 11.8 Å². The van der Waals surface area contributed by atoms with Crippen LogP contribution in [-0.2, 0) is 11.3 Å². The Kier molecular flexibility index (Phi) is 6.07. The molecule has 0 aliphatic carbocycles. The van der Waals surface area contributed by atoms with Crippen molar-refractivity contribution in [1.82, 2.24) is 16.2 Å². The molecule has 3 unspecified atom stereocenters. The molecule has 4 N–H and O–H groups in total. The van der Waals surface area contributed by atoms with E-state index in [9.17, 15) is 4.79 Å². The molecule has 1 amide bonds. The molecule has 1 aromatic heterocycles. The van der Waals surface area contributed by atoms with E-state index < -0.39 is 0 Å². The fourth-order valence-electron chi connectivity index (χ4n) is 3.46. The molecule has 10 heteroatoms. The molecule has 3 heterocycles. The first-order valence-electron chi connectivity index (χ1n) is 9.60. The van der Waals surface area contributed by atoms with Gasteiger partial charge in [-0.1, -0.05) is 11.8 Å². The number of hydrogen-bond acceptors (Lipinski definition) is 8. The maximum Gasteiger partial charge on any atom is 0.230 e. The van der Waals surface area contributed by atoms with Gasteiger partial charge in [0.15, 0.2) is 5.17 Å². The number of nitrogens with one attached hydrogen (secondary N) is 4. The quantitative estimate of drug-likeness (QED) is 0.556. The van der Waals surface area contributed by atoms with Crippen molar-refractivity contribution in [1.29, 1.82) is 5.41 Å². The van der Waals surface area contributed by atoms with Gasteiger partial charge in [-0.05, 0) is 43.3 Å². The third kappa shape index (κ3) is 4.20. The van der Waals surface area contributed by atoms with E-state index in [0.29, 0.717) is 23.3 Å². The summed E-state index contributed by atoms with van der Waals surface area (Å²) in [6.45, 7) is 2.36. The van der Waals surface area contributed by atoms with Gasteiger partial charge in [-0.3, -0.25) is 20.5 Å². The van der Waals surface area contributed by atoms with Crippen LogP contribution < -0.4 is 25.8 Å². The number of furan rings is 1. The number of carbonyl (C=O) groups excluding carboxylic acids is 1. The molecular formula is C20H24N6O3S. The van der Waals surface area contributed by atoms with Crippen molar-refractivity contribution in [3.05, 3.63) is 48.4 Å². The zero-order valence-electron chi connectivity index (χ0n) is 16.7. The second-order valence-corrected chi connectivity index (χ2v) is 7.97. The van der Waals surface area contributed by atoms with Gasteiger partial charge in [0.05, 0.1) is 31.6 Å². The van der Waals surface area contributed by atoms with Crippen LogP contribution in [0.15, 0.2) is 52.1 Å². The lowest BCUT2D eigenvalue weighted by Crippen LogP contribution is -2.50. The Balaban J connectivity index is 1.50. The van der Waals surface area contributed by atoms with Crippen LogP contribution >= 0.6 is 11.8 Å². The number of anilines is 1. The fourth-order valence-corrected chi connectivity index (χ4v) is 4.34. The van der Waals surface area contributed by atoms with E-state index in [1.54, 1.807) is 24.3 Å². The summed E-state index contributed by atoms with van der Waals surface area (Å²) in [5.41, 5.74) is 7.11. The van der Waals surface area contributed by atoms with E-state index in [2.05, 4.69) is 16.2 Å². The van der Waals surface area contributed by atoms with Crippen LogP contribution in [0.4, 0.5) is 5.69 Å². The zero-order chi connectivity index (χ0) is 21.1. The van der Waals surface area contributed by atoms with Crippen molar-refractivity contribution in [3.63, 3.8) is 0 Å². The maximum atomic E-state index is 12.3. The van der Waals surface area contributed by atoms with Crippen molar-refractivity contribution < 1.29 is 13.9 Å². The van der Waals surface area contributed by atoms with Crippen molar-refractivity contribution in [3.8, 4) is 5.75 Å². The molecule has 1 fully saturated rings. The molecule has 30 heavy (non-hydrogen) atoms. The molecule has 9 nitrogen and oxygen atoms in total. The first kappa shape index (κ1) is 20.5. The van der Waals surface area contributed by atoms with Crippen LogP contribution in [0, 0.1) is 11.3 Å². The van der Waals surface area contributed by atoms with Crippen molar-refractivity contribution in [2.75, 3.05) is 17.8 Å². The summed E-state index contributed by atoms with van der Waals surface area (Å²) < 4.78 is 10.5. The highest BCUT2D eigenvalue weighted by atomic mass is 32.2. The molecule has 2 aromatic rings. The average molecular weight is 429 g/mol. The third-order valence-corrected chi connectivity index (χ3v) is 5.99. The Morgan fingerprint density at radius 3 is 2.83 bits per heavy atom. The Hall–Kier alpha value is -2.82. The van der Waals surface area contributed by atoms with Crippen LogP contribution in [0.1, 0.15) is 12.7 Å². The first-order valence-corrected chi connectivity index (χ1v) is 10.6. The molecule has 1 aromatic carbocycles. The highest BCUT2D eigenvalue weighted by Gasteiger charge is 2.43. The monoisotopic (exact) mass is 428 g/mol. The number of ether oxygens (including phenoxy) is 1. The van der Waals surface area contributed by atoms with E-state index in [1.807, 2.05) is 37.3 Å². The maximum absolute atomic E-state index is 12.3. The number of carbonyl (C=O) groups is 1. The van der Waals surface area contributed by atoms with Gasteiger partial charge in [0.2, 0.25) is 5.91 Å². The van der Waals surface area contributed by atoms with Gasteiger partial charge in [-0.2, -0.15) is 0 Å². The summed E-state index contributed by atoms with van der Waals surface area (Å²) in [4.78, 5) is 18.9. The summed E-state index contributed by atoms with van der Waals surface area (Å²) in [5, 5.41) is 12.3. The van der Waals surface area contributed by atoms with Crippen LogP contribution in [-0.4, -0.2) is 42.0 Å². The number of fused-ring (bicyclic) bond motifs is 1. The number of hydrogen-bond donors (Lipinski definition) is 4. The highest BCUT2D eigenvalue weighted by molar-refractivity contribution is 8.14. The normalized spacial score (nSPS) is 23.1. The molecular weight excluding hydrogens is 404 g/mol. The molecule has 158 valence electrons. The third-order valence-electron chi connectivity index (χ3n) is 5.04. The topological polar surface area (TPSA) is 115 Å². The minimum absolute atomic E-state index is 0.0649. The second kappa shape index (κ2) is 8.90. The number of benzene rings is 1. The molecule has 2 aliphatic rings. The van der Waals surface area contributed by atoms with E-state index in [0.717, 1.165) is 11.4 Å². The number of amidine groups is 2. The molecule has 0 radical (unpaired) electrons. The lowest BCUT2D eigenvalue weighted by molar-refractivity contribution is -0.118. The molecule has 1 saturated heterocycles. The van der Waals surface area contributed by atoms with Gasteiger partial charge < -0.3 is 14.5 Å². The van der Waals surface area contributed by atoms with E-state index in [4.69, 9.17) is 19.6 Å². The van der Waals surface area contributed by atoms with E-state index in [-0.39, 0.29) is 29.8 Å². The summed E-state index contributed by atoms with van der Waals surface area (Å²) in [7, 11) is 1.62. The van der Waals surface area contributed by atoms with Gasteiger partial charge in [0, 0.05) is 11.7 Å². The number of nitrogens with zero attached hydrogens (tertiary/aromatic N) is 2. The largest absolute Gasteiger partial charge is 0.497 e. The van der Waals surface area contributed by atoms with Crippen molar-refractivity contribution >= 4 is 34.4 Å². The van der Waals surface area contributed by atoms with Gasteiger partial charge >= 0.3 is 0 Å². The predicted octanol–water partition coefficient (Wildman–Crippen LogP) is 1.93. The van der Waals surface area contributed by atoms with Crippen molar-refractivity contribution in [2.45, 2.75) is 25.7 Å². The molecule has 0 spiro atoms. The number of rotatable bonds is 6. The molecule has 3 atom stereocenters. The summed E-state index contributed by atoms with van der Waals surface area (Å²) in [5.74, 6) is 1.81. The van der Waals surface area contributed by atoms with Gasteiger partial charge in [0.25, 0.3) is 0 Å². The fraction of sp³-hybridized carbons (Fsp3) is 0.350. The number of methoxy groups -OCH3 is 1. The first-order chi connectivity index (χ1) is 14.6. The van der Waals surface area contributed by atoms with Crippen LogP contribution in [0.25, 0.3) is 0 Å². The number of hydrazine groups is 1. The Morgan fingerprint density at radius 2 is 2.13 bits per heavy atom. The highest BCUT2D eigenvalue weighted by Crippen LogP contribution is 2.32. The van der Waals surface area contributed by atoms with Crippen LogP contribution in [0.5, 0.6) is 5.75 Å². The zero-order valence-corrected chi connectivity index (χ0v) is 17.5. The number of aliphatic imine (C=N–C) groups is 1. The van der Waals surface area contributed by atoms with E-state index >= 15 is 0 Å². The Morgan fingerprint density at radius 1 is 1.33 bits per heavy atom. The standard InChI is InChI=1S/C20H24N6O3S/c1-12-17-18(21)26(13-5-7-14(28-2)8-6-13)20(23-19(17)25-24-12)30-11-16(27)22-10-15-4-3-9-29-15/h3-9,12,17,19,21,24-25H,10-11H2,1-2H3,(H,22,27). The summed E-state index contributed by atoms with van der Waals surface area (Å²) in [6, 6.07) is 11.1. The van der Waals surface area contributed by atoms with Gasteiger partial charge in [-0.15, -0.1) is 0 Å². The number of amides is 1. The molecule has 4 rings (SSSR count). The van der Waals surface area contributed by atoms with Gasteiger partial charge in [-0.25, -0.2) is 10.4 Å². The predicted molar refractivity (Wildman–Crippen MR) is 117 cm³/mol. The molecule has 2 aliphatic heterocycles. The van der Waals surface area contributed by atoms with Crippen molar-refractivity contribution in [2.24, 2.45) is 10.9 Å². The molecule has 0 bridgehead atoms. The Bertz CT molecular complexity index is 931. The average Bonchev–Trinajstić information content (AvgIpc) is 3.41. The minimum atomic E-state index is -0.240. The minimum Gasteiger partial charge on any atom is -0.497 e. The smallest absolute Gasteiger partial charge is 0.230 e. The summed E-state index contributed by atoms with van der Waals surface area (Å²) >= 11 is 1.30. The lowest BCUT2D eigenvalue weighted by atomic mass is 9.97. The number of thioether (sulfide) groups is 1. The van der Waals surface area contributed by atoms with Gasteiger partial charge in [0.1, 0.15) is 23.5 Å². The Labute approximate surface area is 178 Å². The van der Waals surface area contributed by atoms with Crippen LogP contribution in [0.2, 0.25) is 0 Å².